The summed E-state index contributed by atoms with van der Waals surface area (Å²) in [6, 6.07) is 19.1. The Balaban J connectivity index is 2.48. The molecule has 1 unspecified atom stereocenters. The number of benzene rings is 2. The molecule has 2 aromatic rings. The van der Waals surface area contributed by atoms with Crippen molar-refractivity contribution in [1.29, 1.82) is 0 Å². The van der Waals surface area contributed by atoms with Crippen molar-refractivity contribution >= 4 is 12.0 Å². The maximum absolute atomic E-state index is 12.9. The lowest BCUT2D eigenvalue weighted by Crippen LogP contribution is -2.30. The molecule has 2 aromatic carbocycles. The summed E-state index contributed by atoms with van der Waals surface area (Å²) in [6.45, 7) is 3.89. The Labute approximate surface area is 120 Å². The number of carbonyl (C=O) groups is 1. The molecule has 0 N–H and O–H groups in total. The van der Waals surface area contributed by atoms with Gasteiger partial charge in [-0.1, -0.05) is 67.6 Å². The average Bonchev–Trinajstić information content (AvgIpc) is 2.53. The van der Waals surface area contributed by atoms with Gasteiger partial charge >= 0.3 is 0 Å². The third-order valence-electron chi connectivity index (χ3n) is 3.35. The Hall–Kier alpha value is -2.22. The van der Waals surface area contributed by atoms with E-state index < -0.39 is 5.54 Å². The molecule has 2 rings (SSSR count). The Morgan fingerprint density at radius 1 is 1.05 bits per heavy atom. The SMILES string of the molecule is CCC=NC(C)(C(=O)c1ccccc1)c1ccccc1. The van der Waals surface area contributed by atoms with Crippen molar-refractivity contribution in [2.45, 2.75) is 25.8 Å². The van der Waals surface area contributed by atoms with E-state index in [2.05, 4.69) is 4.99 Å². The Bertz CT molecular complexity index is 589. The van der Waals surface area contributed by atoms with E-state index in [1.807, 2.05) is 80.7 Å². The van der Waals surface area contributed by atoms with Crippen molar-refractivity contribution in [2.75, 3.05) is 0 Å². The maximum Gasteiger partial charge on any atom is 0.194 e. The number of nitrogens with zero attached hydrogens (tertiary/aromatic N) is 1. The fraction of sp³-hybridized carbons (Fsp3) is 0.222. The van der Waals surface area contributed by atoms with Gasteiger partial charge in [0.1, 0.15) is 5.54 Å². The third-order valence-corrected chi connectivity index (χ3v) is 3.35. The molecule has 0 radical (unpaired) electrons. The predicted molar refractivity (Wildman–Crippen MR) is 83.3 cm³/mol. The highest BCUT2D eigenvalue weighted by molar-refractivity contribution is 6.04. The number of rotatable bonds is 5. The number of Topliss-reactive ketones (excluding diaryl/α,β-unsaturated/α-hetero) is 1. The molecule has 102 valence electrons. The highest BCUT2D eigenvalue weighted by Gasteiger charge is 2.34. The van der Waals surface area contributed by atoms with E-state index in [0.29, 0.717) is 5.56 Å². The molecule has 0 spiro atoms. The molecule has 20 heavy (non-hydrogen) atoms. The van der Waals surface area contributed by atoms with E-state index in [1.165, 1.54) is 0 Å². The largest absolute Gasteiger partial charge is 0.291 e. The zero-order valence-electron chi connectivity index (χ0n) is 11.9. The van der Waals surface area contributed by atoms with E-state index >= 15 is 0 Å². The summed E-state index contributed by atoms with van der Waals surface area (Å²) in [5.74, 6) is 0.0222. The lowest BCUT2D eigenvalue weighted by Gasteiger charge is -2.24. The van der Waals surface area contributed by atoms with E-state index in [4.69, 9.17) is 0 Å². The van der Waals surface area contributed by atoms with E-state index in [1.54, 1.807) is 0 Å². The summed E-state index contributed by atoms with van der Waals surface area (Å²) >= 11 is 0. The zero-order valence-corrected chi connectivity index (χ0v) is 11.9. The molecule has 0 saturated carbocycles. The first kappa shape index (κ1) is 14.2. The zero-order chi connectivity index (χ0) is 14.4. The Morgan fingerprint density at radius 3 is 2.15 bits per heavy atom. The molecule has 0 fully saturated rings. The van der Waals surface area contributed by atoms with Gasteiger partial charge in [0.15, 0.2) is 5.78 Å². The monoisotopic (exact) mass is 265 g/mol. The lowest BCUT2D eigenvalue weighted by atomic mass is 9.85. The fourth-order valence-corrected chi connectivity index (χ4v) is 2.17. The first-order chi connectivity index (χ1) is 9.68. The fourth-order valence-electron chi connectivity index (χ4n) is 2.17. The van der Waals surface area contributed by atoms with Crippen molar-refractivity contribution in [2.24, 2.45) is 4.99 Å². The number of hydrogen-bond acceptors (Lipinski definition) is 2. The van der Waals surface area contributed by atoms with Gasteiger partial charge in [-0.3, -0.25) is 9.79 Å². The summed E-state index contributed by atoms with van der Waals surface area (Å²) in [4.78, 5) is 17.4. The minimum absolute atomic E-state index is 0.0222. The molecule has 0 aliphatic rings. The molecule has 0 amide bonds. The Kier molecular flexibility index (Phi) is 4.46. The van der Waals surface area contributed by atoms with Gasteiger partial charge in [-0.25, -0.2) is 0 Å². The predicted octanol–water partition coefficient (Wildman–Crippen LogP) is 4.27. The minimum Gasteiger partial charge on any atom is -0.291 e. The first-order valence-electron chi connectivity index (χ1n) is 6.87. The van der Waals surface area contributed by atoms with Gasteiger partial charge in [-0.05, 0) is 18.9 Å². The van der Waals surface area contributed by atoms with Gasteiger partial charge in [0.25, 0.3) is 0 Å². The van der Waals surface area contributed by atoms with Crippen molar-refractivity contribution in [3.05, 3.63) is 71.8 Å². The van der Waals surface area contributed by atoms with Crippen LogP contribution in [0, 0.1) is 0 Å². The van der Waals surface area contributed by atoms with Crippen LogP contribution in [0.3, 0.4) is 0 Å². The van der Waals surface area contributed by atoms with Crippen LogP contribution in [0.1, 0.15) is 36.2 Å². The molecule has 0 aromatic heterocycles. The number of hydrogen-bond donors (Lipinski definition) is 0. The van der Waals surface area contributed by atoms with Crippen LogP contribution in [0.15, 0.2) is 65.7 Å². The summed E-state index contributed by atoms with van der Waals surface area (Å²) in [6.07, 6.45) is 2.62. The highest BCUT2D eigenvalue weighted by atomic mass is 16.1. The summed E-state index contributed by atoms with van der Waals surface area (Å²) < 4.78 is 0. The van der Waals surface area contributed by atoms with Crippen LogP contribution in [0.4, 0.5) is 0 Å². The van der Waals surface area contributed by atoms with E-state index in [0.717, 1.165) is 12.0 Å². The lowest BCUT2D eigenvalue weighted by molar-refractivity contribution is 0.0902. The molecule has 0 bridgehead atoms. The van der Waals surface area contributed by atoms with Crippen LogP contribution >= 0.6 is 0 Å². The van der Waals surface area contributed by atoms with Crippen LogP contribution in [0.5, 0.6) is 0 Å². The molecule has 0 aliphatic carbocycles. The molecular weight excluding hydrogens is 246 g/mol. The van der Waals surface area contributed by atoms with Crippen molar-refractivity contribution in [1.82, 2.24) is 0 Å². The molecular formula is C18H19NO. The normalized spacial score (nSPS) is 14.1. The number of carbonyl (C=O) groups excluding carboxylic acids is 1. The van der Waals surface area contributed by atoms with Crippen LogP contribution < -0.4 is 0 Å². The van der Waals surface area contributed by atoms with Crippen LogP contribution in [-0.2, 0) is 5.54 Å². The maximum atomic E-state index is 12.9. The van der Waals surface area contributed by atoms with E-state index in [9.17, 15) is 4.79 Å². The highest BCUT2D eigenvalue weighted by Crippen LogP contribution is 2.29. The molecule has 0 aliphatic heterocycles. The van der Waals surface area contributed by atoms with Gasteiger partial charge in [0.05, 0.1) is 0 Å². The second-order valence-corrected chi connectivity index (χ2v) is 4.85. The topological polar surface area (TPSA) is 29.4 Å². The van der Waals surface area contributed by atoms with E-state index in [-0.39, 0.29) is 5.78 Å². The van der Waals surface area contributed by atoms with Crippen molar-refractivity contribution in [3.63, 3.8) is 0 Å². The van der Waals surface area contributed by atoms with Crippen LogP contribution in [-0.4, -0.2) is 12.0 Å². The van der Waals surface area contributed by atoms with Crippen LogP contribution in [0.25, 0.3) is 0 Å². The molecule has 2 nitrogen and oxygen atoms in total. The minimum atomic E-state index is -0.862. The van der Waals surface area contributed by atoms with Crippen molar-refractivity contribution < 1.29 is 4.79 Å². The smallest absolute Gasteiger partial charge is 0.194 e. The quantitative estimate of drug-likeness (QED) is 0.586. The second-order valence-electron chi connectivity index (χ2n) is 4.85. The molecule has 2 heteroatoms. The second kappa shape index (κ2) is 6.29. The average molecular weight is 265 g/mol. The van der Waals surface area contributed by atoms with Gasteiger partial charge in [-0.15, -0.1) is 0 Å². The van der Waals surface area contributed by atoms with Gasteiger partial charge in [-0.2, -0.15) is 0 Å². The van der Waals surface area contributed by atoms with Crippen molar-refractivity contribution in [3.8, 4) is 0 Å². The van der Waals surface area contributed by atoms with Gasteiger partial charge in [0.2, 0.25) is 0 Å². The Morgan fingerprint density at radius 2 is 1.60 bits per heavy atom. The number of ketones is 1. The molecule has 1 atom stereocenters. The molecule has 0 saturated heterocycles. The number of aliphatic imine (C=N–C) groups is 1. The van der Waals surface area contributed by atoms with Gasteiger partial charge in [0, 0.05) is 11.8 Å². The van der Waals surface area contributed by atoms with Gasteiger partial charge < -0.3 is 0 Å². The summed E-state index contributed by atoms with van der Waals surface area (Å²) in [5, 5.41) is 0. The standard InChI is InChI=1S/C18H19NO/c1-3-14-19-18(2,16-12-8-5-9-13-16)17(20)15-10-6-4-7-11-15/h4-14H,3H2,1-2H3. The molecule has 0 heterocycles. The van der Waals surface area contributed by atoms with Crippen LogP contribution in [0.2, 0.25) is 0 Å². The first-order valence-corrected chi connectivity index (χ1v) is 6.87. The third kappa shape index (κ3) is 2.85. The summed E-state index contributed by atoms with van der Waals surface area (Å²) in [7, 11) is 0. The summed E-state index contributed by atoms with van der Waals surface area (Å²) in [5.41, 5.74) is 0.740.